The molecular formula is C109H111F3N14O18. The Balaban J connectivity index is 0.000000118. The van der Waals surface area contributed by atoms with Crippen molar-refractivity contribution in [2.75, 3.05) is 233 Å². The number of imidazole rings is 2. The van der Waals surface area contributed by atoms with Crippen LogP contribution in [-0.2, 0) is 0 Å². The molecule has 5 aliphatic rings. The predicted molar refractivity (Wildman–Crippen MR) is 553 cm³/mol. The molecule has 0 atom stereocenters. The second-order valence-corrected chi connectivity index (χ2v) is 35.5. The molecule has 0 aliphatic carbocycles. The van der Waals surface area contributed by atoms with Crippen LogP contribution in [0.5, 0.6) is 46.0 Å². The van der Waals surface area contributed by atoms with E-state index in [1.165, 1.54) is 79.1 Å². The van der Waals surface area contributed by atoms with Crippen molar-refractivity contribution in [2.24, 2.45) is 0 Å². The standard InChI is InChI=1S/C23H25FN2O4.C22H23FN2O4.C22H22N4O3.C21H21FN2O4.C21H20N4O3/c1-25-7-4-8-26(10-9-25)16-12-19(24)18-14-17(23(27)30-21(18)13-16)15-5-6-20(28-2)22(11-15)29-3;1-24-6-8-25(9-7-24)15-11-18(23)17-13-16(22(26)29-20(17)12-15)14-4-5-19(27-2)21(10-14)28-3;1-24-8-10-25(11-9-24)16-6-5-15-12-17(22(27)29-20(15)13-16)18-14-26-7-3-4-19(28-2)21(26)23-18;1-26-18-4-3-13(9-20(18)27-2)15-12-16-17(22)10-14(11-19(16)28-21(15)25)24-7-5-23-6-8-24;1-27-18-3-2-8-25-13-17(23-20(18)25)16-11-14-4-5-15(12-19(14)28-21(16)26)24-9-6-22-7-10-24/h5-6,11-14H,4,7-10H2,1-3H3;4-5,10-13H,6-9H2,1-3H3;3-7,12-14H,8-11H2,1-2H3;3-4,9-12,23H,5-8H2,1-2H3;2-5,8,11-13,22H,6-7,9-10H2,1H3. The number of halogens is 3. The third-order valence-electron chi connectivity index (χ3n) is 26.6. The molecular weight excluding hydrogens is 1850 g/mol. The third-order valence-corrected chi connectivity index (χ3v) is 26.6. The highest BCUT2D eigenvalue weighted by atomic mass is 19.1. The molecule has 32 nitrogen and oxygen atoms in total. The lowest BCUT2D eigenvalue weighted by Gasteiger charge is -2.34. The van der Waals surface area contributed by atoms with Crippen molar-refractivity contribution in [1.29, 1.82) is 0 Å². The molecule has 14 heterocycles. The molecule has 0 spiro atoms. The minimum Gasteiger partial charge on any atom is -0.493 e. The molecule has 0 amide bonds. The van der Waals surface area contributed by atoms with Crippen molar-refractivity contribution in [3.05, 3.63) is 276 Å². The van der Waals surface area contributed by atoms with Gasteiger partial charge in [-0.25, -0.2) is 47.1 Å². The predicted octanol–water partition coefficient (Wildman–Crippen LogP) is 15.5. The van der Waals surface area contributed by atoms with Crippen molar-refractivity contribution in [2.45, 2.75) is 6.42 Å². The number of pyridine rings is 2. The number of likely N-dealkylation sites (N-methyl/N-ethyl adjacent to an activating group) is 3. The molecule has 5 aliphatic heterocycles. The Labute approximate surface area is 825 Å². The summed E-state index contributed by atoms with van der Waals surface area (Å²) in [6.07, 6.45) is 8.37. The Kier molecular flexibility index (Phi) is 29.9. The van der Waals surface area contributed by atoms with Gasteiger partial charge in [0, 0.05) is 219 Å². The van der Waals surface area contributed by atoms with E-state index in [9.17, 15) is 32.8 Å². The van der Waals surface area contributed by atoms with Crippen molar-refractivity contribution < 1.29 is 73.2 Å². The fraction of sp³-hybridized carbons (Fsp3) is 0.294. The number of benzene rings is 8. The lowest BCUT2D eigenvalue weighted by atomic mass is 10.0. The van der Waals surface area contributed by atoms with E-state index in [1.807, 2.05) is 94.3 Å². The van der Waals surface area contributed by atoms with Crippen LogP contribution in [-0.4, -0.2) is 242 Å². The van der Waals surface area contributed by atoms with Gasteiger partial charge < -0.3 is 119 Å². The van der Waals surface area contributed by atoms with Crippen molar-refractivity contribution >= 4 is 94.6 Å². The number of nitrogens with zero attached hydrogens (tertiary/aromatic N) is 12. The molecule has 35 heteroatoms. The minimum atomic E-state index is -0.531. The zero-order valence-corrected chi connectivity index (χ0v) is 81.8. The van der Waals surface area contributed by atoms with Crippen LogP contribution in [0.25, 0.3) is 122 Å². The van der Waals surface area contributed by atoms with Gasteiger partial charge in [-0.3, -0.25) is 0 Å². The number of rotatable bonds is 18. The first-order valence-electron chi connectivity index (χ1n) is 47.4. The highest BCUT2D eigenvalue weighted by Crippen LogP contribution is 2.40. The van der Waals surface area contributed by atoms with E-state index in [1.54, 1.807) is 87.0 Å². The lowest BCUT2D eigenvalue weighted by molar-refractivity contribution is 0.313. The summed E-state index contributed by atoms with van der Waals surface area (Å²) in [6, 6.07) is 52.8. The smallest absolute Gasteiger partial charge is 0.345 e. The lowest BCUT2D eigenvalue weighted by Crippen LogP contribution is -2.44. The number of methoxy groups -OCH3 is 8. The highest BCUT2D eigenvalue weighted by molar-refractivity contribution is 5.91. The number of hydrogen-bond donors (Lipinski definition) is 2. The van der Waals surface area contributed by atoms with Crippen molar-refractivity contribution in [1.82, 2.24) is 44.1 Å². The first-order valence-corrected chi connectivity index (χ1v) is 47.4. The van der Waals surface area contributed by atoms with Crippen LogP contribution in [0.3, 0.4) is 0 Å². The molecule has 9 aromatic heterocycles. The summed E-state index contributed by atoms with van der Waals surface area (Å²) in [5, 5.41) is 9.16. The van der Waals surface area contributed by atoms with Crippen LogP contribution in [0.15, 0.2) is 253 Å². The van der Waals surface area contributed by atoms with Gasteiger partial charge >= 0.3 is 28.1 Å². The van der Waals surface area contributed by atoms with Gasteiger partial charge in [0.1, 0.15) is 45.4 Å². The number of anilines is 5. The largest absolute Gasteiger partial charge is 0.493 e. The van der Waals surface area contributed by atoms with E-state index in [0.717, 1.165) is 171 Å². The van der Waals surface area contributed by atoms with E-state index in [-0.39, 0.29) is 49.6 Å². The Bertz CT molecular complexity index is 7910. The molecule has 8 aromatic carbocycles. The quantitative estimate of drug-likeness (QED) is 0.0754. The number of hydrogen-bond acceptors (Lipinski definition) is 30. The summed E-state index contributed by atoms with van der Waals surface area (Å²) in [5.74, 6) is 3.14. The van der Waals surface area contributed by atoms with E-state index in [2.05, 4.69) is 93.1 Å². The molecule has 22 rings (SSSR count). The van der Waals surface area contributed by atoms with Crippen LogP contribution in [0, 0.1) is 17.5 Å². The molecule has 5 saturated heterocycles. The monoisotopic (exact) mass is 1960 g/mol. The Morgan fingerprint density at radius 2 is 0.583 bits per heavy atom. The minimum absolute atomic E-state index is 0.239. The van der Waals surface area contributed by atoms with E-state index in [0.29, 0.717) is 113 Å². The second kappa shape index (κ2) is 43.7. The summed E-state index contributed by atoms with van der Waals surface area (Å²) in [4.78, 5) is 90.2. The molecule has 746 valence electrons. The molecule has 144 heavy (non-hydrogen) atoms. The topological polar surface area (TPSA) is 309 Å². The van der Waals surface area contributed by atoms with Gasteiger partial charge in [-0.15, -0.1) is 0 Å². The van der Waals surface area contributed by atoms with Crippen LogP contribution < -0.4 is 101 Å². The van der Waals surface area contributed by atoms with E-state index < -0.39 is 45.6 Å². The van der Waals surface area contributed by atoms with Gasteiger partial charge in [-0.05, 0) is 184 Å². The molecule has 0 unspecified atom stereocenters. The average molecular weight is 1960 g/mol. The van der Waals surface area contributed by atoms with Crippen molar-refractivity contribution in [3.63, 3.8) is 0 Å². The molecule has 0 bridgehead atoms. The summed E-state index contributed by atoms with van der Waals surface area (Å²) in [5.41, 5.74) is 9.71. The van der Waals surface area contributed by atoms with Crippen LogP contribution >= 0.6 is 0 Å². The summed E-state index contributed by atoms with van der Waals surface area (Å²) in [6.45, 7) is 18.0. The number of ether oxygens (including phenoxy) is 8. The van der Waals surface area contributed by atoms with Crippen LogP contribution in [0.1, 0.15) is 6.42 Å². The third kappa shape index (κ3) is 21.4. The maximum Gasteiger partial charge on any atom is 0.345 e. The Morgan fingerprint density at radius 1 is 0.285 bits per heavy atom. The van der Waals surface area contributed by atoms with Gasteiger partial charge in [0.2, 0.25) is 0 Å². The summed E-state index contributed by atoms with van der Waals surface area (Å²) < 4.78 is 119. The molecule has 2 N–H and O–H groups in total. The maximum absolute atomic E-state index is 15.0. The van der Waals surface area contributed by atoms with Gasteiger partial charge in [0.15, 0.2) is 57.3 Å². The van der Waals surface area contributed by atoms with Gasteiger partial charge in [0.25, 0.3) is 0 Å². The summed E-state index contributed by atoms with van der Waals surface area (Å²) in [7, 11) is 18.6. The van der Waals surface area contributed by atoms with Crippen LogP contribution in [0.2, 0.25) is 0 Å². The highest BCUT2D eigenvalue weighted by Gasteiger charge is 2.27. The van der Waals surface area contributed by atoms with Gasteiger partial charge in [-0.1, -0.05) is 18.2 Å². The van der Waals surface area contributed by atoms with Crippen LogP contribution in [0.4, 0.5) is 41.6 Å². The maximum atomic E-state index is 15.0. The fourth-order valence-electron chi connectivity index (χ4n) is 18.4. The number of aromatic nitrogens is 4. The zero-order chi connectivity index (χ0) is 101. The van der Waals surface area contributed by atoms with Gasteiger partial charge in [0.05, 0.1) is 112 Å². The van der Waals surface area contributed by atoms with E-state index in [4.69, 9.17) is 60.0 Å². The SMILES string of the molecule is COc1ccc(-c2cc3c(F)cc(N4CCCN(C)CC4)cc3oc2=O)cc1OC.COc1ccc(-c2cc3c(F)cc(N4CCN(C)CC4)cc3oc2=O)cc1OC.COc1ccc(-c2cc3c(F)cc(N4CCNCC4)cc3oc2=O)cc1OC.COc1cccn2cc(-c3cc4ccc(N5CCN(C)CC5)cc4oc3=O)nc12.COc1cccn2cc(-c3cc4ccc(N5CCNCC5)cc4oc3=O)nc12. The normalized spacial score (nSPS) is 14.9. The summed E-state index contributed by atoms with van der Waals surface area (Å²) >= 11 is 0. The number of fused-ring (bicyclic) bond motifs is 7. The number of piperazine rings is 4. The first kappa shape index (κ1) is 98.4. The van der Waals surface area contributed by atoms with Crippen molar-refractivity contribution in [3.8, 4) is 102 Å². The van der Waals surface area contributed by atoms with E-state index >= 15 is 4.39 Å². The average Bonchev–Trinajstić information content (AvgIpc) is 1.58. The molecule has 0 radical (unpaired) electrons. The molecule has 0 saturated carbocycles. The Hall–Kier alpha value is -15.8. The molecule has 17 aromatic rings. The second-order valence-electron chi connectivity index (χ2n) is 35.5. The van der Waals surface area contributed by atoms with Gasteiger partial charge in [-0.2, -0.15) is 0 Å². The fourth-order valence-corrected chi connectivity index (χ4v) is 18.4. The zero-order valence-electron chi connectivity index (χ0n) is 81.8. The molecule has 5 fully saturated rings. The first-order chi connectivity index (χ1) is 69.9. The Morgan fingerprint density at radius 3 is 0.931 bits per heavy atom. The number of nitrogens with one attached hydrogen (secondary N) is 2.